The molecule has 10 heteroatoms. The summed E-state index contributed by atoms with van der Waals surface area (Å²) in [4.78, 5) is 18.4. The van der Waals surface area contributed by atoms with Gasteiger partial charge in [0.1, 0.15) is 39.2 Å². The van der Waals surface area contributed by atoms with Gasteiger partial charge in [0.15, 0.2) is 17.5 Å². The third kappa shape index (κ3) is 5.17. The van der Waals surface area contributed by atoms with Crippen molar-refractivity contribution in [3.05, 3.63) is 140 Å². The lowest BCUT2D eigenvalue weighted by molar-refractivity contribution is 1.08. The van der Waals surface area contributed by atoms with Gasteiger partial charge in [-0.05, 0) is 52.7 Å². The molecule has 8 aromatic carbocycles. The van der Waals surface area contributed by atoms with Gasteiger partial charge in [-0.15, -0.1) is 27.7 Å². The summed E-state index contributed by atoms with van der Waals surface area (Å²) in [7, 11) is 11.0. The standard InChI is InChI=1S/C47H33B5N4S/c48-40-39(41(49)43(51)44(52)42(40)50)47-54-45(53-46(55-47)27-20-21-30-29-12-2-4-17-36(29)57-37(30)23-27)26-19-18-24-8-6-15-34(32(24)22-26)56-33-14-3-1-11-28(33)31-13-5-9-25-10-7-16-35(56)38(25)31/h1-23H,48-52H2. The lowest BCUT2D eigenvalue weighted by Gasteiger charge is -2.34. The van der Waals surface area contributed by atoms with Gasteiger partial charge in [-0.1, -0.05) is 114 Å². The molecule has 0 radical (unpaired) electrons. The number of hydrogen-bond donors (Lipinski definition) is 0. The Balaban J connectivity index is 1.14. The van der Waals surface area contributed by atoms with Crippen molar-refractivity contribution in [1.82, 2.24) is 15.0 Å². The second-order valence-corrected chi connectivity index (χ2v) is 16.4. The van der Waals surface area contributed by atoms with Crippen LogP contribution in [0.5, 0.6) is 0 Å². The summed E-state index contributed by atoms with van der Waals surface area (Å²) in [5, 5.41) is 7.32. The second kappa shape index (κ2) is 12.8. The number of para-hydroxylation sites is 1. The van der Waals surface area contributed by atoms with E-state index < -0.39 is 0 Å². The van der Waals surface area contributed by atoms with Gasteiger partial charge in [0.2, 0.25) is 0 Å². The van der Waals surface area contributed by atoms with Crippen LogP contribution in [0.3, 0.4) is 0 Å². The molecule has 0 fully saturated rings. The Morgan fingerprint density at radius 2 is 0.982 bits per heavy atom. The van der Waals surface area contributed by atoms with Crippen LogP contribution in [-0.2, 0) is 0 Å². The number of rotatable bonds is 4. The van der Waals surface area contributed by atoms with Gasteiger partial charge in [0, 0.05) is 53.2 Å². The first-order chi connectivity index (χ1) is 27.8. The minimum absolute atomic E-state index is 0.657. The Bertz CT molecular complexity index is 3310. The van der Waals surface area contributed by atoms with Crippen LogP contribution in [0.4, 0.5) is 17.1 Å². The zero-order valence-corrected chi connectivity index (χ0v) is 33.3. The van der Waals surface area contributed by atoms with E-state index in [1.807, 2.05) is 11.3 Å². The second-order valence-electron chi connectivity index (χ2n) is 15.4. The minimum atomic E-state index is 0.657. The zero-order valence-electron chi connectivity index (χ0n) is 32.5. The van der Waals surface area contributed by atoms with Crippen molar-refractivity contribution in [2.75, 3.05) is 4.90 Å². The molecule has 0 amide bonds. The summed E-state index contributed by atoms with van der Waals surface area (Å²) in [5.41, 5.74) is 15.2. The van der Waals surface area contributed by atoms with Crippen LogP contribution >= 0.6 is 11.3 Å². The lowest BCUT2D eigenvalue weighted by atomic mass is 9.60. The van der Waals surface area contributed by atoms with Crippen molar-refractivity contribution in [3.63, 3.8) is 0 Å². The quantitative estimate of drug-likeness (QED) is 0.253. The molecule has 1 aliphatic heterocycles. The van der Waals surface area contributed by atoms with Crippen LogP contribution in [0.25, 0.3) is 87.0 Å². The normalized spacial score (nSPS) is 12.2. The number of benzene rings is 8. The Labute approximate surface area is 339 Å². The first-order valence-corrected chi connectivity index (χ1v) is 20.4. The summed E-state index contributed by atoms with van der Waals surface area (Å²) in [6.45, 7) is 0. The van der Waals surface area contributed by atoms with Gasteiger partial charge in [0.25, 0.3) is 0 Å². The van der Waals surface area contributed by atoms with Crippen molar-refractivity contribution in [1.29, 1.82) is 0 Å². The molecule has 0 spiro atoms. The highest BCUT2D eigenvalue weighted by molar-refractivity contribution is 7.25. The van der Waals surface area contributed by atoms with Crippen LogP contribution in [0.15, 0.2) is 140 Å². The molecule has 4 nitrogen and oxygen atoms in total. The van der Waals surface area contributed by atoms with Crippen LogP contribution in [0.1, 0.15) is 0 Å². The molecule has 0 saturated carbocycles. The molecular formula is C47H33B5N4S. The number of anilines is 3. The predicted octanol–water partition coefficient (Wildman–Crippen LogP) is 4.29. The Hall–Kier alpha value is -6.37. The van der Waals surface area contributed by atoms with E-state index in [0.29, 0.717) is 17.5 Å². The SMILES string of the molecule is Bc1c(B)c(B)c(-c2nc(-c3ccc4c(c3)sc3ccccc34)nc(-c3ccc4cccc(N5c6ccccc6-c6cccc7cccc5c67)c4c3)n2)c(B)c1B. The van der Waals surface area contributed by atoms with E-state index in [4.69, 9.17) is 15.0 Å². The largest absolute Gasteiger partial charge is 0.309 e. The highest BCUT2D eigenvalue weighted by Crippen LogP contribution is 2.52. The van der Waals surface area contributed by atoms with E-state index >= 15 is 0 Å². The fraction of sp³-hybridized carbons (Fsp3) is 0. The van der Waals surface area contributed by atoms with Gasteiger partial charge in [0.05, 0.1) is 17.1 Å². The van der Waals surface area contributed by atoms with Gasteiger partial charge in [-0.2, -0.15) is 0 Å². The number of fused-ring (bicyclic) bond motifs is 6. The van der Waals surface area contributed by atoms with E-state index in [1.54, 1.807) is 0 Å². The van der Waals surface area contributed by atoms with Crippen molar-refractivity contribution in [2.24, 2.45) is 0 Å². The van der Waals surface area contributed by atoms with Gasteiger partial charge in [-0.25, -0.2) is 15.0 Å². The first-order valence-electron chi connectivity index (χ1n) is 19.5. The molecule has 0 unspecified atom stereocenters. The van der Waals surface area contributed by atoms with E-state index in [0.717, 1.165) is 33.2 Å². The fourth-order valence-corrected chi connectivity index (χ4v) is 10.2. The summed E-state index contributed by atoms with van der Waals surface area (Å²) in [5.74, 6) is 2.03. The average molecular weight is 740 g/mol. The summed E-state index contributed by atoms with van der Waals surface area (Å²) >= 11 is 1.81. The fourth-order valence-electron chi connectivity index (χ4n) is 9.05. The van der Waals surface area contributed by atoms with Crippen molar-refractivity contribution in [3.8, 4) is 45.3 Å². The monoisotopic (exact) mass is 740 g/mol. The molecular weight excluding hydrogens is 707 g/mol. The first kappa shape index (κ1) is 33.9. The Kier molecular flexibility index (Phi) is 7.64. The highest BCUT2D eigenvalue weighted by Gasteiger charge is 2.27. The zero-order chi connectivity index (χ0) is 38.5. The molecule has 2 aromatic heterocycles. The van der Waals surface area contributed by atoms with Crippen LogP contribution < -0.4 is 32.2 Å². The van der Waals surface area contributed by atoms with Crippen LogP contribution in [0.2, 0.25) is 0 Å². The van der Waals surface area contributed by atoms with Crippen molar-refractivity contribution in [2.45, 2.75) is 0 Å². The highest BCUT2D eigenvalue weighted by atomic mass is 32.1. The van der Waals surface area contributed by atoms with Crippen LogP contribution in [-0.4, -0.2) is 54.2 Å². The number of nitrogens with zero attached hydrogens (tertiary/aromatic N) is 4. The lowest BCUT2D eigenvalue weighted by Crippen LogP contribution is -2.55. The van der Waals surface area contributed by atoms with Gasteiger partial charge < -0.3 is 4.90 Å². The maximum Gasteiger partial charge on any atom is 0.164 e. The van der Waals surface area contributed by atoms with E-state index in [-0.39, 0.29) is 0 Å². The van der Waals surface area contributed by atoms with Crippen molar-refractivity contribution >= 4 is 137 Å². The number of aromatic nitrogens is 3. The topological polar surface area (TPSA) is 41.9 Å². The molecule has 3 heterocycles. The Morgan fingerprint density at radius 1 is 0.404 bits per heavy atom. The molecule has 57 heavy (non-hydrogen) atoms. The molecule has 10 aromatic rings. The third-order valence-corrected chi connectivity index (χ3v) is 13.5. The predicted molar refractivity (Wildman–Crippen MR) is 259 cm³/mol. The summed E-state index contributed by atoms with van der Waals surface area (Å²) < 4.78 is 2.50. The van der Waals surface area contributed by atoms with E-state index in [1.165, 1.54) is 80.8 Å². The molecule has 262 valence electrons. The summed E-state index contributed by atoms with van der Waals surface area (Å²) in [6.07, 6.45) is 0. The summed E-state index contributed by atoms with van der Waals surface area (Å²) in [6, 6.07) is 50.5. The number of thiophene rings is 1. The molecule has 11 rings (SSSR count). The minimum Gasteiger partial charge on any atom is -0.309 e. The Morgan fingerprint density at radius 3 is 1.79 bits per heavy atom. The average Bonchev–Trinajstić information content (AvgIpc) is 3.63. The smallest absolute Gasteiger partial charge is 0.164 e. The van der Waals surface area contributed by atoms with Crippen molar-refractivity contribution < 1.29 is 0 Å². The number of hydrogen-bond acceptors (Lipinski definition) is 5. The third-order valence-electron chi connectivity index (χ3n) is 12.4. The van der Waals surface area contributed by atoms with Gasteiger partial charge >= 0.3 is 0 Å². The van der Waals surface area contributed by atoms with Crippen LogP contribution in [0, 0.1) is 0 Å². The maximum atomic E-state index is 5.34. The van der Waals surface area contributed by atoms with E-state index in [2.05, 4.69) is 184 Å². The molecule has 0 atom stereocenters. The van der Waals surface area contributed by atoms with E-state index in [9.17, 15) is 0 Å². The molecule has 1 aliphatic rings. The molecule has 0 saturated heterocycles. The van der Waals surface area contributed by atoms with Gasteiger partial charge in [-0.3, -0.25) is 0 Å². The molecule has 0 N–H and O–H groups in total. The molecule has 0 aliphatic carbocycles. The molecule has 0 bridgehead atoms. The maximum absolute atomic E-state index is 5.34.